The molecule has 0 radical (unpaired) electrons. The average molecular weight is 398 g/mol. The number of fused-ring (bicyclic) bond motifs is 1. The molecule has 1 unspecified atom stereocenters. The Bertz CT molecular complexity index is 767. The predicted octanol–water partition coefficient (Wildman–Crippen LogP) is 0.747. The zero-order valence-electron chi connectivity index (χ0n) is 15.2. The third-order valence-corrected chi connectivity index (χ3v) is 6.79. The van der Waals surface area contributed by atoms with Gasteiger partial charge in [-0.2, -0.15) is 4.31 Å². The van der Waals surface area contributed by atoms with Crippen molar-refractivity contribution in [2.75, 3.05) is 39.5 Å². The number of aliphatic hydroxyl groups is 1. The van der Waals surface area contributed by atoms with Gasteiger partial charge in [0, 0.05) is 38.7 Å². The molecule has 1 atom stereocenters. The van der Waals surface area contributed by atoms with Crippen LogP contribution >= 0.6 is 0 Å². The van der Waals surface area contributed by atoms with E-state index in [1.165, 1.54) is 16.4 Å². The Morgan fingerprint density at radius 3 is 2.70 bits per heavy atom. The zero-order valence-corrected chi connectivity index (χ0v) is 16.0. The lowest BCUT2D eigenvalue weighted by molar-refractivity contribution is -0.121. The fraction of sp³-hybridized carbons (Fsp3) is 0.611. The molecule has 27 heavy (non-hydrogen) atoms. The minimum absolute atomic E-state index is 0.0325. The molecular weight excluding hydrogens is 372 g/mol. The van der Waals surface area contributed by atoms with Crippen molar-refractivity contribution < 1.29 is 27.8 Å². The van der Waals surface area contributed by atoms with E-state index >= 15 is 0 Å². The first kappa shape index (κ1) is 19.9. The van der Waals surface area contributed by atoms with E-state index < -0.39 is 10.0 Å². The number of rotatable bonds is 3. The number of aliphatic hydroxyl groups excluding tert-OH is 1. The van der Waals surface area contributed by atoms with E-state index in [1.807, 2.05) is 0 Å². The molecule has 0 saturated carbocycles. The zero-order chi connectivity index (χ0) is 19.3. The summed E-state index contributed by atoms with van der Waals surface area (Å²) in [6.45, 7) is 1.77. The Hall–Kier alpha value is -1.84. The van der Waals surface area contributed by atoms with E-state index in [0.717, 1.165) is 0 Å². The van der Waals surface area contributed by atoms with E-state index in [4.69, 9.17) is 9.47 Å². The molecule has 2 N–H and O–H groups in total. The number of carbonyl (C=O) groups excluding carboxylic acids is 1. The maximum absolute atomic E-state index is 13.1. The number of carbonyl (C=O) groups is 1. The smallest absolute Gasteiger partial charge is 0.243 e. The van der Waals surface area contributed by atoms with Gasteiger partial charge in [0.2, 0.25) is 15.9 Å². The molecule has 0 spiro atoms. The van der Waals surface area contributed by atoms with Gasteiger partial charge in [-0.05, 0) is 37.3 Å². The summed E-state index contributed by atoms with van der Waals surface area (Å²) in [5, 5.41) is 12.2. The lowest BCUT2D eigenvalue weighted by Crippen LogP contribution is -2.35. The number of ether oxygens (including phenoxy) is 2. The van der Waals surface area contributed by atoms with Crippen molar-refractivity contribution in [2.45, 2.75) is 30.6 Å². The van der Waals surface area contributed by atoms with Gasteiger partial charge in [-0.1, -0.05) is 0 Å². The van der Waals surface area contributed by atoms with Crippen molar-refractivity contribution in [3.63, 3.8) is 0 Å². The van der Waals surface area contributed by atoms with E-state index in [2.05, 4.69) is 5.32 Å². The topological polar surface area (TPSA) is 105 Å². The number of benzene rings is 1. The highest BCUT2D eigenvalue weighted by Crippen LogP contribution is 2.33. The normalized spacial score (nSPS) is 22.6. The summed E-state index contributed by atoms with van der Waals surface area (Å²) in [6, 6.07) is 4.58. The number of hydrogen-bond acceptors (Lipinski definition) is 6. The molecule has 8 nitrogen and oxygen atoms in total. The van der Waals surface area contributed by atoms with Crippen LogP contribution in [-0.2, 0) is 14.8 Å². The van der Waals surface area contributed by atoms with Crippen LogP contribution in [0.25, 0.3) is 0 Å². The molecular formula is C18H26N2O6S. The largest absolute Gasteiger partial charge is 0.486 e. The summed E-state index contributed by atoms with van der Waals surface area (Å²) in [4.78, 5) is 12.1. The number of sulfonamides is 1. The lowest BCUT2D eigenvalue weighted by atomic mass is 10.0. The van der Waals surface area contributed by atoms with Crippen molar-refractivity contribution in [3.05, 3.63) is 18.2 Å². The first-order valence-electron chi connectivity index (χ1n) is 9.28. The molecule has 150 valence electrons. The molecule has 1 fully saturated rings. The number of nitrogens with one attached hydrogen (secondary N) is 1. The number of amides is 1. The van der Waals surface area contributed by atoms with Crippen molar-refractivity contribution in [2.24, 2.45) is 5.92 Å². The quantitative estimate of drug-likeness (QED) is 0.778. The Morgan fingerprint density at radius 1 is 1.15 bits per heavy atom. The molecule has 1 aromatic rings. The van der Waals surface area contributed by atoms with Crippen LogP contribution in [0, 0.1) is 5.92 Å². The average Bonchev–Trinajstić information content (AvgIpc) is 2.72. The van der Waals surface area contributed by atoms with Crippen LogP contribution in [0.2, 0.25) is 0 Å². The van der Waals surface area contributed by atoms with E-state index in [-0.39, 0.29) is 36.3 Å². The molecule has 1 saturated heterocycles. The monoisotopic (exact) mass is 398 g/mol. The Balaban J connectivity index is 1.80. The molecule has 1 aromatic carbocycles. The second-order valence-electron chi connectivity index (χ2n) is 6.79. The van der Waals surface area contributed by atoms with E-state index in [1.54, 1.807) is 6.07 Å². The Kier molecular flexibility index (Phi) is 6.56. The van der Waals surface area contributed by atoms with Gasteiger partial charge >= 0.3 is 0 Å². The molecule has 3 rings (SSSR count). The lowest BCUT2D eigenvalue weighted by Gasteiger charge is -2.24. The van der Waals surface area contributed by atoms with E-state index in [0.29, 0.717) is 57.1 Å². The van der Waals surface area contributed by atoms with Crippen LogP contribution in [-0.4, -0.2) is 63.2 Å². The van der Waals surface area contributed by atoms with Crippen molar-refractivity contribution in [3.8, 4) is 11.5 Å². The Labute approximate surface area is 159 Å². The molecule has 2 aliphatic rings. The summed E-state index contributed by atoms with van der Waals surface area (Å²) < 4.78 is 38.5. The van der Waals surface area contributed by atoms with Gasteiger partial charge < -0.3 is 19.9 Å². The van der Waals surface area contributed by atoms with Crippen molar-refractivity contribution in [1.82, 2.24) is 9.62 Å². The molecule has 0 aliphatic carbocycles. The first-order chi connectivity index (χ1) is 13.0. The van der Waals surface area contributed by atoms with Crippen LogP contribution in [0.1, 0.15) is 25.7 Å². The molecule has 1 amide bonds. The second kappa shape index (κ2) is 8.90. The van der Waals surface area contributed by atoms with Crippen LogP contribution in [0.5, 0.6) is 11.5 Å². The highest BCUT2D eigenvalue weighted by atomic mass is 32.2. The minimum atomic E-state index is -3.77. The van der Waals surface area contributed by atoms with Gasteiger partial charge in [0.25, 0.3) is 0 Å². The maximum Gasteiger partial charge on any atom is 0.243 e. The summed E-state index contributed by atoms with van der Waals surface area (Å²) in [6.07, 6.45) is 2.13. The van der Waals surface area contributed by atoms with Crippen molar-refractivity contribution in [1.29, 1.82) is 0 Å². The summed E-state index contributed by atoms with van der Waals surface area (Å²) in [7, 11) is -3.77. The van der Waals surface area contributed by atoms with Gasteiger partial charge in [0.05, 0.1) is 4.90 Å². The van der Waals surface area contributed by atoms with Crippen LogP contribution in [0.4, 0.5) is 0 Å². The highest BCUT2D eigenvalue weighted by molar-refractivity contribution is 7.89. The standard InChI is InChI=1S/C18H26N2O6S/c21-13-14-2-1-8-20(9-6-18(22)19-7-5-14)27(23,24)15-3-4-16-17(12-15)26-11-10-25-16/h3-4,12,14,21H,1-2,5-11,13H2,(H,19,22). The molecule has 0 aromatic heterocycles. The summed E-state index contributed by atoms with van der Waals surface area (Å²) in [5.74, 6) is 0.819. The van der Waals surface area contributed by atoms with Crippen LogP contribution in [0.15, 0.2) is 23.1 Å². The van der Waals surface area contributed by atoms with Gasteiger partial charge in [-0.15, -0.1) is 0 Å². The Morgan fingerprint density at radius 2 is 1.93 bits per heavy atom. The van der Waals surface area contributed by atoms with Gasteiger partial charge in [0.15, 0.2) is 11.5 Å². The summed E-state index contributed by atoms with van der Waals surface area (Å²) in [5.41, 5.74) is 0. The van der Waals surface area contributed by atoms with E-state index in [9.17, 15) is 18.3 Å². The van der Waals surface area contributed by atoms with Crippen molar-refractivity contribution >= 4 is 15.9 Å². The second-order valence-corrected chi connectivity index (χ2v) is 8.73. The van der Waals surface area contributed by atoms with Gasteiger partial charge in [0.1, 0.15) is 13.2 Å². The summed E-state index contributed by atoms with van der Waals surface area (Å²) >= 11 is 0. The maximum atomic E-state index is 13.1. The van der Waals surface area contributed by atoms with Gasteiger partial charge in [-0.25, -0.2) is 8.42 Å². The number of hydrogen-bond donors (Lipinski definition) is 2. The first-order valence-corrected chi connectivity index (χ1v) is 10.7. The predicted molar refractivity (Wildman–Crippen MR) is 98.2 cm³/mol. The SMILES string of the molecule is O=C1CCN(S(=O)(=O)c2ccc3c(c2)OCCO3)CCCC(CO)CCN1. The molecule has 9 heteroatoms. The fourth-order valence-electron chi connectivity index (χ4n) is 3.30. The molecule has 0 bridgehead atoms. The molecule has 2 aliphatic heterocycles. The third kappa shape index (κ3) is 4.91. The van der Waals surface area contributed by atoms with Crippen LogP contribution in [0.3, 0.4) is 0 Å². The highest BCUT2D eigenvalue weighted by Gasteiger charge is 2.27. The van der Waals surface area contributed by atoms with Gasteiger partial charge in [-0.3, -0.25) is 4.79 Å². The number of nitrogens with zero attached hydrogens (tertiary/aromatic N) is 1. The fourth-order valence-corrected chi connectivity index (χ4v) is 4.79. The molecule has 2 heterocycles. The minimum Gasteiger partial charge on any atom is -0.486 e. The third-order valence-electron chi connectivity index (χ3n) is 4.89. The van der Waals surface area contributed by atoms with Crippen LogP contribution < -0.4 is 14.8 Å².